The highest BCUT2D eigenvalue weighted by Crippen LogP contribution is 2.14. The van der Waals surface area contributed by atoms with Gasteiger partial charge in [-0.1, -0.05) is 12.1 Å². The molecular weight excluding hydrogens is 264 g/mol. The maximum atomic E-state index is 12.4. The summed E-state index contributed by atoms with van der Waals surface area (Å²) >= 11 is 0. The molecule has 3 rings (SSSR count). The molecule has 1 atom stereocenters. The second-order valence-corrected chi connectivity index (χ2v) is 5.64. The minimum absolute atomic E-state index is 0.243. The molecule has 0 saturated carbocycles. The second-order valence-electron chi connectivity index (χ2n) is 5.64. The van der Waals surface area contributed by atoms with E-state index in [0.29, 0.717) is 19.0 Å². The van der Waals surface area contributed by atoms with Crippen molar-refractivity contribution in [3.63, 3.8) is 0 Å². The summed E-state index contributed by atoms with van der Waals surface area (Å²) in [4.78, 5) is 18.7. The fourth-order valence-electron chi connectivity index (χ4n) is 3.00. The van der Waals surface area contributed by atoms with Gasteiger partial charge in [-0.3, -0.25) is 4.79 Å². The van der Waals surface area contributed by atoms with Crippen LogP contribution in [0.2, 0.25) is 0 Å². The largest absolute Gasteiger partial charge is 0.341 e. The van der Waals surface area contributed by atoms with Gasteiger partial charge in [-0.05, 0) is 32.0 Å². The van der Waals surface area contributed by atoms with Crippen molar-refractivity contribution in [3.05, 3.63) is 30.6 Å². The molecule has 1 N–H and O–H groups in total. The van der Waals surface area contributed by atoms with Crippen LogP contribution in [0.5, 0.6) is 0 Å². The fraction of sp³-hybridized carbons (Fsp3) is 0.500. The van der Waals surface area contributed by atoms with Gasteiger partial charge in [0.2, 0.25) is 5.91 Å². The van der Waals surface area contributed by atoms with Crippen molar-refractivity contribution >= 4 is 16.9 Å². The minimum Gasteiger partial charge on any atom is -0.341 e. The predicted octanol–water partition coefficient (Wildman–Crippen LogP) is 1.64. The third-order valence-corrected chi connectivity index (χ3v) is 4.28. The molecule has 112 valence electrons. The van der Waals surface area contributed by atoms with Crippen LogP contribution in [0.1, 0.15) is 19.3 Å². The number of aryl methyl sites for hydroxylation is 1. The van der Waals surface area contributed by atoms with E-state index in [1.165, 1.54) is 0 Å². The average Bonchev–Trinajstić information content (AvgIpc) is 2.96. The van der Waals surface area contributed by atoms with Gasteiger partial charge >= 0.3 is 0 Å². The summed E-state index contributed by atoms with van der Waals surface area (Å²) in [5, 5.41) is 3.27. The number of nitrogens with zero attached hydrogens (tertiary/aromatic N) is 3. The lowest BCUT2D eigenvalue weighted by atomic mass is 10.1. The Bertz CT molecular complexity index is 622. The number of imidazole rings is 1. The van der Waals surface area contributed by atoms with Crippen molar-refractivity contribution in [2.24, 2.45) is 0 Å². The lowest BCUT2D eigenvalue weighted by Gasteiger charge is -2.32. The Balaban J connectivity index is 1.60. The number of hydrogen-bond acceptors (Lipinski definition) is 3. The van der Waals surface area contributed by atoms with Gasteiger partial charge in [0.25, 0.3) is 0 Å². The third kappa shape index (κ3) is 3.08. The van der Waals surface area contributed by atoms with Crippen molar-refractivity contribution in [3.8, 4) is 0 Å². The van der Waals surface area contributed by atoms with Gasteiger partial charge < -0.3 is 14.8 Å². The number of aromatic nitrogens is 2. The van der Waals surface area contributed by atoms with E-state index in [1.807, 2.05) is 42.5 Å². The van der Waals surface area contributed by atoms with Gasteiger partial charge in [-0.25, -0.2) is 4.98 Å². The van der Waals surface area contributed by atoms with Crippen LogP contribution in [0.3, 0.4) is 0 Å². The number of hydrogen-bond donors (Lipinski definition) is 1. The molecule has 1 aromatic heterocycles. The Morgan fingerprint density at radius 2 is 2.29 bits per heavy atom. The number of benzene rings is 1. The molecule has 1 aliphatic rings. The minimum atomic E-state index is 0.243. The molecule has 5 nitrogen and oxygen atoms in total. The Morgan fingerprint density at radius 3 is 3.14 bits per heavy atom. The van der Waals surface area contributed by atoms with E-state index >= 15 is 0 Å². The zero-order valence-electron chi connectivity index (χ0n) is 12.5. The SMILES string of the molecule is CNC1CCCN(C(=O)CCn2cnc3ccccc32)C1. The number of rotatable bonds is 4. The molecule has 5 heteroatoms. The highest BCUT2D eigenvalue weighted by atomic mass is 16.2. The Hall–Kier alpha value is -1.88. The molecule has 1 aromatic carbocycles. The first-order valence-corrected chi connectivity index (χ1v) is 7.63. The zero-order chi connectivity index (χ0) is 14.7. The number of fused-ring (bicyclic) bond motifs is 1. The van der Waals surface area contributed by atoms with E-state index in [-0.39, 0.29) is 5.91 Å². The lowest BCUT2D eigenvalue weighted by Crippen LogP contribution is -2.47. The molecular formula is C16H22N4O. The van der Waals surface area contributed by atoms with Crippen molar-refractivity contribution in [2.45, 2.75) is 31.8 Å². The first-order chi connectivity index (χ1) is 10.3. The second kappa shape index (κ2) is 6.26. The van der Waals surface area contributed by atoms with Gasteiger partial charge in [-0.2, -0.15) is 0 Å². The van der Waals surface area contributed by atoms with Crippen LogP contribution in [0, 0.1) is 0 Å². The summed E-state index contributed by atoms with van der Waals surface area (Å²) in [6.07, 6.45) is 4.61. The molecule has 1 fully saturated rings. The number of likely N-dealkylation sites (N-methyl/N-ethyl adjacent to an activating group) is 1. The van der Waals surface area contributed by atoms with Crippen molar-refractivity contribution < 1.29 is 4.79 Å². The molecule has 0 radical (unpaired) electrons. The van der Waals surface area contributed by atoms with E-state index in [9.17, 15) is 4.79 Å². The predicted molar refractivity (Wildman–Crippen MR) is 83.0 cm³/mol. The van der Waals surface area contributed by atoms with Gasteiger partial charge in [0.15, 0.2) is 0 Å². The maximum Gasteiger partial charge on any atom is 0.224 e. The Morgan fingerprint density at radius 1 is 1.43 bits per heavy atom. The summed E-state index contributed by atoms with van der Waals surface area (Å²) in [6.45, 7) is 2.42. The summed E-state index contributed by atoms with van der Waals surface area (Å²) in [6, 6.07) is 8.47. The van der Waals surface area contributed by atoms with Gasteiger partial charge in [-0.15, -0.1) is 0 Å². The molecule has 1 aliphatic heterocycles. The molecule has 2 aromatic rings. The summed E-state index contributed by atoms with van der Waals surface area (Å²) in [5.74, 6) is 0.243. The molecule has 1 unspecified atom stereocenters. The standard InChI is InChI=1S/C16H22N4O/c1-17-13-5-4-9-19(11-13)16(21)8-10-20-12-18-14-6-2-3-7-15(14)20/h2-3,6-7,12-13,17H,4-5,8-11H2,1H3. The lowest BCUT2D eigenvalue weighted by molar-refractivity contribution is -0.132. The quantitative estimate of drug-likeness (QED) is 0.929. The van der Waals surface area contributed by atoms with E-state index < -0.39 is 0 Å². The monoisotopic (exact) mass is 286 g/mol. The topological polar surface area (TPSA) is 50.2 Å². The number of para-hydroxylation sites is 2. The number of amides is 1. The molecule has 2 heterocycles. The van der Waals surface area contributed by atoms with Crippen LogP contribution in [-0.2, 0) is 11.3 Å². The summed E-state index contributed by atoms with van der Waals surface area (Å²) in [7, 11) is 1.97. The van der Waals surface area contributed by atoms with Crippen molar-refractivity contribution in [1.29, 1.82) is 0 Å². The molecule has 0 spiro atoms. The van der Waals surface area contributed by atoms with Gasteiger partial charge in [0.1, 0.15) is 0 Å². The van der Waals surface area contributed by atoms with Gasteiger partial charge in [0, 0.05) is 32.1 Å². The van der Waals surface area contributed by atoms with Crippen LogP contribution in [0.4, 0.5) is 0 Å². The molecule has 21 heavy (non-hydrogen) atoms. The normalized spacial score (nSPS) is 19.1. The van der Waals surface area contributed by atoms with Crippen molar-refractivity contribution in [2.75, 3.05) is 20.1 Å². The average molecular weight is 286 g/mol. The third-order valence-electron chi connectivity index (χ3n) is 4.28. The number of nitrogens with one attached hydrogen (secondary N) is 1. The zero-order valence-corrected chi connectivity index (χ0v) is 12.5. The van der Waals surface area contributed by atoms with Crippen LogP contribution in [0.25, 0.3) is 11.0 Å². The van der Waals surface area contributed by atoms with E-state index in [2.05, 4.69) is 14.9 Å². The first-order valence-electron chi connectivity index (χ1n) is 7.63. The Labute approximate surface area is 125 Å². The smallest absolute Gasteiger partial charge is 0.224 e. The highest BCUT2D eigenvalue weighted by molar-refractivity contribution is 5.77. The van der Waals surface area contributed by atoms with Gasteiger partial charge in [0.05, 0.1) is 17.4 Å². The molecule has 0 bridgehead atoms. The summed E-state index contributed by atoms with van der Waals surface area (Å²) in [5.41, 5.74) is 2.08. The number of likely N-dealkylation sites (tertiary alicyclic amines) is 1. The first kappa shape index (κ1) is 14.1. The summed E-state index contributed by atoms with van der Waals surface area (Å²) < 4.78 is 2.06. The number of carbonyl (C=O) groups excluding carboxylic acids is 1. The number of piperidine rings is 1. The number of carbonyl (C=O) groups is 1. The fourth-order valence-corrected chi connectivity index (χ4v) is 3.00. The van der Waals surface area contributed by atoms with Crippen molar-refractivity contribution in [1.82, 2.24) is 19.8 Å². The highest BCUT2D eigenvalue weighted by Gasteiger charge is 2.22. The Kier molecular flexibility index (Phi) is 4.20. The molecule has 1 amide bonds. The van der Waals surface area contributed by atoms with E-state index in [4.69, 9.17) is 0 Å². The van der Waals surface area contributed by atoms with Crippen LogP contribution in [-0.4, -0.2) is 46.5 Å². The molecule has 0 aliphatic carbocycles. The van der Waals surface area contributed by atoms with E-state index in [1.54, 1.807) is 0 Å². The molecule has 1 saturated heterocycles. The van der Waals surface area contributed by atoms with E-state index in [0.717, 1.165) is 37.0 Å². The van der Waals surface area contributed by atoms with Crippen LogP contribution < -0.4 is 5.32 Å². The van der Waals surface area contributed by atoms with Crippen LogP contribution >= 0.6 is 0 Å². The van der Waals surface area contributed by atoms with Crippen LogP contribution in [0.15, 0.2) is 30.6 Å². The maximum absolute atomic E-state index is 12.4.